The van der Waals surface area contributed by atoms with Crippen LogP contribution in [0.3, 0.4) is 0 Å². The minimum atomic E-state index is -1.08. The van der Waals surface area contributed by atoms with Gasteiger partial charge in [-0.2, -0.15) is 0 Å². The summed E-state index contributed by atoms with van der Waals surface area (Å²) in [6, 6.07) is 5.01. The molecule has 2 amide bonds. The van der Waals surface area contributed by atoms with E-state index in [9.17, 15) is 19.5 Å². The Morgan fingerprint density at radius 2 is 1.95 bits per heavy atom. The molecule has 3 aliphatic heterocycles. The van der Waals surface area contributed by atoms with E-state index in [0.29, 0.717) is 32.2 Å². The van der Waals surface area contributed by atoms with Crippen LogP contribution in [0.15, 0.2) is 43.5 Å². The number of aliphatic hydroxyl groups excluding tert-OH is 1. The van der Waals surface area contributed by atoms with Crippen LogP contribution < -0.4 is 4.90 Å². The van der Waals surface area contributed by atoms with Gasteiger partial charge in [-0.05, 0) is 57.1 Å². The molecule has 37 heavy (non-hydrogen) atoms. The number of carbonyl (C=O) groups is 3. The Morgan fingerprint density at radius 3 is 2.59 bits per heavy atom. The maximum atomic E-state index is 14.5. The summed E-state index contributed by atoms with van der Waals surface area (Å²) in [5.41, 5.74) is 1.62. The van der Waals surface area contributed by atoms with Crippen LogP contribution in [0.5, 0.6) is 0 Å². The van der Waals surface area contributed by atoms with Gasteiger partial charge in [-0.15, -0.1) is 6.58 Å². The molecule has 1 aromatic carbocycles. The highest BCUT2D eigenvalue weighted by Crippen LogP contribution is 2.59. The maximum absolute atomic E-state index is 14.5. The number of hydrogen-bond donors (Lipinski definition) is 1. The van der Waals surface area contributed by atoms with Gasteiger partial charge in [0.15, 0.2) is 0 Å². The molecule has 1 spiro atoms. The van der Waals surface area contributed by atoms with Gasteiger partial charge >= 0.3 is 5.97 Å². The molecule has 3 saturated heterocycles. The number of unbranched alkanes of at least 4 members (excludes halogenated alkanes) is 2. The van der Waals surface area contributed by atoms with E-state index in [1.165, 1.54) is 6.08 Å². The fourth-order valence-corrected chi connectivity index (χ4v) is 6.55. The Bertz CT molecular complexity index is 1050. The van der Waals surface area contributed by atoms with Crippen LogP contribution in [0.2, 0.25) is 0 Å². The summed E-state index contributed by atoms with van der Waals surface area (Å²) in [7, 11) is 0. The fraction of sp³-hybridized carbons (Fsp3) is 0.552. The number of para-hydroxylation sites is 1. The van der Waals surface area contributed by atoms with Gasteiger partial charge in [0.05, 0.1) is 17.9 Å². The van der Waals surface area contributed by atoms with Crippen molar-refractivity contribution in [2.75, 3.05) is 31.2 Å². The minimum absolute atomic E-state index is 0.0584. The van der Waals surface area contributed by atoms with Crippen LogP contribution in [0.25, 0.3) is 0 Å². The van der Waals surface area contributed by atoms with Gasteiger partial charge in [0.1, 0.15) is 18.2 Å². The van der Waals surface area contributed by atoms with Gasteiger partial charge in [-0.1, -0.05) is 36.9 Å². The highest BCUT2D eigenvalue weighted by atomic mass is 16.6. The molecule has 3 heterocycles. The van der Waals surface area contributed by atoms with E-state index in [-0.39, 0.29) is 31.6 Å². The number of aliphatic hydroxyl groups is 1. The van der Waals surface area contributed by atoms with E-state index >= 15 is 0 Å². The summed E-state index contributed by atoms with van der Waals surface area (Å²) in [6.45, 7) is 12.2. The Hall–Kier alpha value is -2.97. The van der Waals surface area contributed by atoms with Gasteiger partial charge in [0, 0.05) is 25.4 Å². The highest BCUT2D eigenvalue weighted by Gasteiger charge is 2.75. The first-order valence-electron chi connectivity index (χ1n) is 13.2. The molecule has 3 aliphatic rings. The molecule has 0 saturated carbocycles. The molecule has 0 aliphatic carbocycles. The van der Waals surface area contributed by atoms with E-state index in [0.717, 1.165) is 23.2 Å². The predicted molar refractivity (Wildman–Crippen MR) is 140 cm³/mol. The number of fused-ring (bicyclic) bond motifs is 1. The number of benzene rings is 1. The van der Waals surface area contributed by atoms with E-state index in [4.69, 9.17) is 9.47 Å². The number of hydrogen-bond acceptors (Lipinski definition) is 6. The summed E-state index contributed by atoms with van der Waals surface area (Å²) < 4.78 is 11.8. The average molecular weight is 511 g/mol. The van der Waals surface area contributed by atoms with Crippen LogP contribution in [-0.4, -0.2) is 71.8 Å². The van der Waals surface area contributed by atoms with Crippen molar-refractivity contribution in [2.45, 2.75) is 63.7 Å². The Kier molecular flexibility index (Phi) is 8.19. The molecular weight excluding hydrogens is 472 g/mol. The second-order valence-corrected chi connectivity index (χ2v) is 10.3. The van der Waals surface area contributed by atoms with Crippen molar-refractivity contribution in [2.24, 2.45) is 11.8 Å². The van der Waals surface area contributed by atoms with Crippen molar-refractivity contribution in [1.29, 1.82) is 0 Å². The summed E-state index contributed by atoms with van der Waals surface area (Å²) in [5, 5.41) is 9.21. The molecule has 2 bridgehead atoms. The number of carbonyl (C=O) groups excluding carboxylic acids is 3. The third kappa shape index (κ3) is 4.61. The predicted octanol–water partition coefficient (Wildman–Crippen LogP) is 3.09. The molecule has 1 N–H and O–H groups in total. The first-order valence-corrected chi connectivity index (χ1v) is 13.2. The monoisotopic (exact) mass is 510 g/mol. The van der Waals surface area contributed by atoms with Gasteiger partial charge in [-0.25, -0.2) is 0 Å². The molecule has 8 nitrogen and oxygen atoms in total. The lowest BCUT2D eigenvalue weighted by Gasteiger charge is -2.37. The number of nitrogens with zero attached hydrogens (tertiary/aromatic N) is 2. The highest BCUT2D eigenvalue weighted by molar-refractivity contribution is 6.05. The first-order chi connectivity index (χ1) is 17.8. The third-order valence-electron chi connectivity index (χ3n) is 7.99. The van der Waals surface area contributed by atoms with E-state index in [1.54, 1.807) is 15.9 Å². The molecule has 5 atom stereocenters. The number of rotatable bonds is 12. The zero-order valence-electron chi connectivity index (χ0n) is 21.9. The second-order valence-electron chi connectivity index (χ2n) is 10.3. The Balaban J connectivity index is 1.75. The smallest absolute Gasteiger partial charge is 0.312 e. The lowest BCUT2D eigenvalue weighted by molar-refractivity contribution is -0.154. The molecular formula is C29H38N2O6. The molecule has 1 aromatic rings. The lowest BCUT2D eigenvalue weighted by Crippen LogP contribution is -2.56. The summed E-state index contributed by atoms with van der Waals surface area (Å²) in [4.78, 5) is 44.8. The van der Waals surface area contributed by atoms with Gasteiger partial charge in [-0.3, -0.25) is 14.4 Å². The van der Waals surface area contributed by atoms with E-state index < -0.39 is 35.6 Å². The van der Waals surface area contributed by atoms with Gasteiger partial charge in [0.2, 0.25) is 5.91 Å². The molecule has 0 radical (unpaired) electrons. The van der Waals surface area contributed by atoms with Gasteiger partial charge < -0.3 is 24.4 Å². The minimum Gasteiger partial charge on any atom is -0.461 e. The van der Waals surface area contributed by atoms with Crippen molar-refractivity contribution in [3.8, 4) is 0 Å². The molecule has 8 heteroatoms. The van der Waals surface area contributed by atoms with Crippen LogP contribution in [0.4, 0.5) is 5.69 Å². The summed E-state index contributed by atoms with van der Waals surface area (Å²) in [6.07, 6.45) is 5.82. The molecule has 2 unspecified atom stereocenters. The van der Waals surface area contributed by atoms with E-state index in [2.05, 4.69) is 13.2 Å². The van der Waals surface area contributed by atoms with Crippen LogP contribution in [0.1, 0.15) is 43.2 Å². The number of anilines is 1. The third-order valence-corrected chi connectivity index (χ3v) is 7.99. The second kappa shape index (κ2) is 11.2. The largest absolute Gasteiger partial charge is 0.461 e. The number of aryl methyl sites for hydroxylation is 2. The topological polar surface area (TPSA) is 96.4 Å². The van der Waals surface area contributed by atoms with Crippen LogP contribution >= 0.6 is 0 Å². The number of likely N-dealkylation sites (tertiary alicyclic amines) is 1. The van der Waals surface area contributed by atoms with Crippen LogP contribution in [0, 0.1) is 25.7 Å². The lowest BCUT2D eigenvalue weighted by atomic mass is 9.70. The fourth-order valence-electron chi connectivity index (χ4n) is 6.55. The SMILES string of the molecule is C=CCOC(=O)[C@@H]1[C@H]2C(=O)N(CCCCCO)C(C(=O)N(CC=C)c3c(C)cccc3C)C23CC[C@H]1O3. The van der Waals surface area contributed by atoms with Crippen molar-refractivity contribution in [1.82, 2.24) is 4.90 Å². The van der Waals surface area contributed by atoms with Crippen molar-refractivity contribution >= 4 is 23.5 Å². The summed E-state index contributed by atoms with van der Waals surface area (Å²) in [5.74, 6) is -2.44. The molecule has 0 aromatic heterocycles. The number of esters is 1. The van der Waals surface area contributed by atoms with Crippen molar-refractivity contribution in [3.63, 3.8) is 0 Å². The normalized spacial score (nSPS) is 27.8. The average Bonchev–Trinajstić information content (AvgIpc) is 3.51. The van der Waals surface area contributed by atoms with E-state index in [1.807, 2.05) is 32.0 Å². The zero-order chi connectivity index (χ0) is 26.7. The summed E-state index contributed by atoms with van der Waals surface area (Å²) >= 11 is 0. The van der Waals surface area contributed by atoms with Crippen molar-refractivity contribution in [3.05, 3.63) is 54.6 Å². The number of ether oxygens (including phenoxy) is 2. The molecule has 200 valence electrons. The zero-order valence-corrected chi connectivity index (χ0v) is 21.9. The Morgan fingerprint density at radius 1 is 1.22 bits per heavy atom. The number of amides is 2. The quantitative estimate of drug-likeness (QED) is 0.264. The molecule has 4 rings (SSSR count). The maximum Gasteiger partial charge on any atom is 0.312 e. The molecule has 3 fully saturated rings. The standard InChI is InChI=1S/C29H38N2O6/c1-5-15-30(24-19(3)11-10-12-20(24)4)27(34)25-29-14-13-21(37-29)22(28(35)36-18-6-2)23(29)26(33)31(25)16-8-7-9-17-32/h5-6,10-12,21-23,25,32H,1-2,7-9,13-18H2,3-4H3/t21-,22+,23+,25?,29?/m1/s1. The first kappa shape index (κ1) is 27.1. The van der Waals surface area contributed by atoms with Crippen molar-refractivity contribution < 1.29 is 29.0 Å². The Labute approximate surface area is 218 Å². The van der Waals surface area contributed by atoms with Crippen LogP contribution in [-0.2, 0) is 23.9 Å². The van der Waals surface area contributed by atoms with Gasteiger partial charge in [0.25, 0.3) is 5.91 Å².